The SMILES string of the molecule is CCOCc1c(C(=O)OCC(=O)Nc2ccc(S(=O)(=O)N3CCCC3)cc2)oc2ccccc12. The molecular formula is C24H26N2O7S. The van der Waals surface area contributed by atoms with Crippen molar-refractivity contribution < 1.29 is 31.9 Å². The summed E-state index contributed by atoms with van der Waals surface area (Å²) in [5.41, 5.74) is 1.48. The van der Waals surface area contributed by atoms with Crippen LogP contribution in [0.5, 0.6) is 0 Å². The van der Waals surface area contributed by atoms with Gasteiger partial charge in [0.1, 0.15) is 5.58 Å². The molecule has 0 atom stereocenters. The van der Waals surface area contributed by atoms with Crippen LogP contribution in [0.1, 0.15) is 35.9 Å². The summed E-state index contributed by atoms with van der Waals surface area (Å²) in [7, 11) is -3.53. The van der Waals surface area contributed by atoms with E-state index < -0.39 is 28.5 Å². The highest BCUT2D eigenvalue weighted by Crippen LogP contribution is 2.27. The summed E-state index contributed by atoms with van der Waals surface area (Å²) in [5.74, 6) is -1.34. The molecule has 1 aliphatic rings. The number of anilines is 1. The van der Waals surface area contributed by atoms with Gasteiger partial charge in [-0.05, 0) is 50.1 Å². The lowest BCUT2D eigenvalue weighted by Crippen LogP contribution is -2.27. The van der Waals surface area contributed by atoms with Crippen molar-refractivity contribution in [2.24, 2.45) is 0 Å². The van der Waals surface area contributed by atoms with Gasteiger partial charge in [-0.15, -0.1) is 0 Å². The van der Waals surface area contributed by atoms with Gasteiger partial charge >= 0.3 is 5.97 Å². The Labute approximate surface area is 197 Å². The summed E-state index contributed by atoms with van der Waals surface area (Å²) >= 11 is 0. The molecule has 1 N–H and O–H groups in total. The van der Waals surface area contributed by atoms with Crippen molar-refractivity contribution in [2.75, 3.05) is 31.6 Å². The van der Waals surface area contributed by atoms with Crippen molar-refractivity contribution in [3.8, 4) is 0 Å². The first-order valence-corrected chi connectivity index (χ1v) is 12.5. The maximum absolute atomic E-state index is 12.6. The van der Waals surface area contributed by atoms with E-state index >= 15 is 0 Å². The number of fused-ring (bicyclic) bond motifs is 1. The van der Waals surface area contributed by atoms with Crippen LogP contribution in [-0.2, 0) is 30.9 Å². The van der Waals surface area contributed by atoms with Crippen LogP contribution in [0.4, 0.5) is 5.69 Å². The van der Waals surface area contributed by atoms with Crippen LogP contribution in [0.2, 0.25) is 0 Å². The molecule has 0 spiro atoms. The lowest BCUT2D eigenvalue weighted by molar-refractivity contribution is -0.119. The molecule has 0 aliphatic carbocycles. The molecule has 0 radical (unpaired) electrons. The Morgan fingerprint density at radius 3 is 2.47 bits per heavy atom. The van der Waals surface area contributed by atoms with Gasteiger partial charge in [0.05, 0.1) is 11.5 Å². The molecule has 2 aromatic carbocycles. The summed E-state index contributed by atoms with van der Waals surface area (Å²) in [4.78, 5) is 25.1. The molecule has 1 saturated heterocycles. The zero-order valence-corrected chi connectivity index (χ0v) is 19.6. The zero-order chi connectivity index (χ0) is 24.1. The number of amides is 1. The molecule has 1 amide bonds. The van der Waals surface area contributed by atoms with Crippen molar-refractivity contribution in [3.63, 3.8) is 0 Å². The standard InChI is InChI=1S/C24H26N2O7S/c1-2-31-15-20-19-7-3-4-8-21(19)33-23(20)24(28)32-16-22(27)25-17-9-11-18(12-10-17)34(29,30)26-13-5-6-14-26/h3-4,7-12H,2,5-6,13-16H2,1H3,(H,25,27). The topological polar surface area (TPSA) is 115 Å². The molecule has 0 saturated carbocycles. The highest BCUT2D eigenvalue weighted by molar-refractivity contribution is 7.89. The second kappa shape index (κ2) is 10.4. The van der Waals surface area contributed by atoms with Crippen LogP contribution in [-0.4, -0.2) is 50.9 Å². The highest BCUT2D eigenvalue weighted by Gasteiger charge is 2.27. The molecule has 1 fully saturated rings. The lowest BCUT2D eigenvalue weighted by atomic mass is 10.1. The minimum Gasteiger partial charge on any atom is -0.450 e. The van der Waals surface area contributed by atoms with Gasteiger partial charge in [0, 0.05) is 36.3 Å². The van der Waals surface area contributed by atoms with E-state index in [-0.39, 0.29) is 17.3 Å². The Morgan fingerprint density at radius 1 is 1.06 bits per heavy atom. The summed E-state index contributed by atoms with van der Waals surface area (Å²) in [6.45, 7) is 3.00. The predicted molar refractivity (Wildman–Crippen MR) is 125 cm³/mol. The van der Waals surface area contributed by atoms with Crippen LogP contribution in [0, 0.1) is 0 Å². The van der Waals surface area contributed by atoms with Crippen LogP contribution >= 0.6 is 0 Å². The van der Waals surface area contributed by atoms with E-state index in [0.29, 0.717) is 36.5 Å². The molecule has 2 heterocycles. The summed E-state index contributed by atoms with van der Waals surface area (Å²) in [5, 5.41) is 3.34. The molecular weight excluding hydrogens is 460 g/mol. The molecule has 1 aliphatic heterocycles. The number of para-hydroxylation sites is 1. The average molecular weight is 487 g/mol. The smallest absolute Gasteiger partial charge is 0.375 e. The number of ether oxygens (including phenoxy) is 2. The van der Waals surface area contributed by atoms with Crippen molar-refractivity contribution in [3.05, 3.63) is 59.9 Å². The molecule has 3 aromatic rings. The van der Waals surface area contributed by atoms with E-state index in [1.807, 2.05) is 19.1 Å². The largest absolute Gasteiger partial charge is 0.450 e. The normalized spacial score (nSPS) is 14.4. The van der Waals surface area contributed by atoms with Gasteiger partial charge in [-0.3, -0.25) is 4.79 Å². The van der Waals surface area contributed by atoms with E-state index in [9.17, 15) is 18.0 Å². The summed E-state index contributed by atoms with van der Waals surface area (Å²) in [6, 6.07) is 13.1. The van der Waals surface area contributed by atoms with Gasteiger partial charge in [-0.1, -0.05) is 18.2 Å². The third-order valence-electron chi connectivity index (χ3n) is 5.51. The quantitative estimate of drug-likeness (QED) is 0.460. The summed E-state index contributed by atoms with van der Waals surface area (Å²) in [6.07, 6.45) is 1.71. The second-order valence-corrected chi connectivity index (χ2v) is 9.74. The third-order valence-corrected chi connectivity index (χ3v) is 7.42. The molecule has 34 heavy (non-hydrogen) atoms. The Balaban J connectivity index is 1.37. The lowest BCUT2D eigenvalue weighted by Gasteiger charge is -2.15. The number of hydrogen-bond acceptors (Lipinski definition) is 7. The Morgan fingerprint density at radius 2 is 1.76 bits per heavy atom. The molecule has 9 nitrogen and oxygen atoms in total. The number of carbonyl (C=O) groups excluding carboxylic acids is 2. The fraction of sp³-hybridized carbons (Fsp3) is 0.333. The van der Waals surface area contributed by atoms with E-state index in [2.05, 4.69) is 5.32 Å². The second-order valence-electron chi connectivity index (χ2n) is 7.80. The highest BCUT2D eigenvalue weighted by atomic mass is 32.2. The van der Waals surface area contributed by atoms with Crippen molar-refractivity contribution in [1.29, 1.82) is 0 Å². The molecule has 180 valence electrons. The number of carbonyl (C=O) groups is 2. The first-order valence-electron chi connectivity index (χ1n) is 11.1. The minimum absolute atomic E-state index is 0.000998. The number of sulfonamides is 1. The molecule has 0 bridgehead atoms. The van der Waals surface area contributed by atoms with Crippen LogP contribution < -0.4 is 5.32 Å². The predicted octanol–water partition coefficient (Wildman–Crippen LogP) is 3.55. The van der Waals surface area contributed by atoms with Crippen LogP contribution in [0.25, 0.3) is 11.0 Å². The first kappa shape index (κ1) is 23.9. The van der Waals surface area contributed by atoms with Gasteiger partial charge < -0.3 is 19.2 Å². The van der Waals surface area contributed by atoms with Crippen LogP contribution in [0.3, 0.4) is 0 Å². The fourth-order valence-electron chi connectivity index (χ4n) is 3.79. The van der Waals surface area contributed by atoms with Gasteiger partial charge in [0.15, 0.2) is 6.61 Å². The van der Waals surface area contributed by atoms with Gasteiger partial charge in [0.2, 0.25) is 15.8 Å². The van der Waals surface area contributed by atoms with E-state index in [1.165, 1.54) is 28.6 Å². The molecule has 4 rings (SSSR count). The number of benzene rings is 2. The van der Waals surface area contributed by atoms with E-state index in [0.717, 1.165) is 18.2 Å². The number of nitrogens with zero attached hydrogens (tertiary/aromatic N) is 1. The zero-order valence-electron chi connectivity index (χ0n) is 18.8. The number of esters is 1. The molecule has 10 heteroatoms. The fourth-order valence-corrected chi connectivity index (χ4v) is 5.31. The number of nitrogens with one attached hydrogen (secondary N) is 1. The maximum Gasteiger partial charge on any atom is 0.375 e. The number of furan rings is 1. The number of hydrogen-bond donors (Lipinski definition) is 1. The Bertz CT molecular complexity index is 1280. The van der Waals surface area contributed by atoms with Gasteiger partial charge in [0.25, 0.3) is 5.91 Å². The maximum atomic E-state index is 12.6. The van der Waals surface area contributed by atoms with Crippen molar-refractivity contribution in [2.45, 2.75) is 31.3 Å². The van der Waals surface area contributed by atoms with E-state index in [1.54, 1.807) is 12.1 Å². The summed E-state index contributed by atoms with van der Waals surface area (Å²) < 4.78 is 42.9. The van der Waals surface area contributed by atoms with E-state index in [4.69, 9.17) is 13.9 Å². The molecule has 1 aromatic heterocycles. The van der Waals surface area contributed by atoms with Crippen LogP contribution in [0.15, 0.2) is 57.8 Å². The third kappa shape index (κ3) is 5.14. The van der Waals surface area contributed by atoms with Crippen molar-refractivity contribution >= 4 is 38.6 Å². The van der Waals surface area contributed by atoms with Gasteiger partial charge in [-0.25, -0.2) is 13.2 Å². The Kier molecular flexibility index (Phi) is 7.30. The Hall–Kier alpha value is -3.21. The monoisotopic (exact) mass is 486 g/mol. The minimum atomic E-state index is -3.53. The average Bonchev–Trinajstić information content (AvgIpc) is 3.50. The van der Waals surface area contributed by atoms with Crippen molar-refractivity contribution in [1.82, 2.24) is 4.31 Å². The van der Waals surface area contributed by atoms with Gasteiger partial charge in [-0.2, -0.15) is 4.31 Å². The number of rotatable bonds is 9. The first-order chi connectivity index (χ1) is 16.4. The molecule has 0 unspecified atom stereocenters.